The third kappa shape index (κ3) is 9.19. The van der Waals surface area contributed by atoms with Gasteiger partial charge < -0.3 is 30.3 Å². The van der Waals surface area contributed by atoms with Gasteiger partial charge in [0.1, 0.15) is 12.1 Å². The molecule has 1 heterocycles. The molecule has 2 fully saturated rings. The van der Waals surface area contributed by atoms with Gasteiger partial charge in [0.15, 0.2) is 5.96 Å². The van der Waals surface area contributed by atoms with Crippen LogP contribution < -0.4 is 16.0 Å². The number of rotatable bonds is 6. The standard InChI is InChI=1S/C21H39N5O4/c1-21(2,3)30-20(28)25-17-8-6-16(7-9-17)24-19(23-13-18(27)26(4)5)22-12-15-10-11-29-14-15/h15-17H,6-14H2,1-5H3,(H,25,28)(H2,22,23,24). The molecule has 9 heteroatoms. The van der Waals surface area contributed by atoms with E-state index in [0.717, 1.165) is 51.9 Å². The van der Waals surface area contributed by atoms with Crippen LogP contribution >= 0.6 is 0 Å². The summed E-state index contributed by atoms with van der Waals surface area (Å²) in [6.45, 7) is 8.04. The minimum absolute atomic E-state index is 0.0365. The third-order valence-electron chi connectivity index (χ3n) is 5.24. The number of nitrogens with one attached hydrogen (secondary N) is 3. The van der Waals surface area contributed by atoms with Crippen molar-refractivity contribution in [3.8, 4) is 0 Å². The number of ether oxygens (including phenoxy) is 2. The molecule has 1 saturated heterocycles. The minimum Gasteiger partial charge on any atom is -0.444 e. The summed E-state index contributed by atoms with van der Waals surface area (Å²) in [7, 11) is 3.46. The van der Waals surface area contributed by atoms with Crippen LogP contribution in [-0.2, 0) is 14.3 Å². The Morgan fingerprint density at radius 3 is 2.23 bits per heavy atom. The van der Waals surface area contributed by atoms with Gasteiger partial charge in [-0.25, -0.2) is 9.79 Å². The molecule has 0 aromatic carbocycles. The second kappa shape index (κ2) is 11.4. The molecule has 0 aromatic heterocycles. The largest absolute Gasteiger partial charge is 0.444 e. The number of aliphatic imine (C=N–C) groups is 1. The second-order valence-electron chi connectivity index (χ2n) is 9.40. The molecule has 172 valence electrons. The molecule has 0 aromatic rings. The van der Waals surface area contributed by atoms with E-state index in [1.54, 1.807) is 19.0 Å². The summed E-state index contributed by atoms with van der Waals surface area (Å²) in [5.74, 6) is 1.10. The summed E-state index contributed by atoms with van der Waals surface area (Å²) >= 11 is 0. The van der Waals surface area contributed by atoms with Crippen molar-refractivity contribution in [2.45, 2.75) is 70.6 Å². The summed E-state index contributed by atoms with van der Waals surface area (Å²) in [4.78, 5) is 29.9. The van der Waals surface area contributed by atoms with Crippen molar-refractivity contribution in [1.29, 1.82) is 0 Å². The van der Waals surface area contributed by atoms with E-state index in [0.29, 0.717) is 11.9 Å². The van der Waals surface area contributed by atoms with E-state index in [2.05, 4.69) is 20.9 Å². The predicted octanol–water partition coefficient (Wildman–Crippen LogP) is 1.48. The zero-order valence-corrected chi connectivity index (χ0v) is 19.1. The summed E-state index contributed by atoms with van der Waals surface area (Å²) < 4.78 is 10.8. The van der Waals surface area contributed by atoms with Crippen LogP contribution in [-0.4, -0.2) is 80.9 Å². The first kappa shape index (κ1) is 24.2. The smallest absolute Gasteiger partial charge is 0.407 e. The fourth-order valence-corrected chi connectivity index (χ4v) is 3.48. The van der Waals surface area contributed by atoms with Crippen LogP contribution in [0.2, 0.25) is 0 Å². The number of guanidine groups is 1. The zero-order valence-electron chi connectivity index (χ0n) is 19.1. The summed E-state index contributed by atoms with van der Waals surface area (Å²) in [5.41, 5.74) is -0.492. The van der Waals surface area contributed by atoms with Gasteiger partial charge in [0.2, 0.25) is 5.91 Å². The summed E-state index contributed by atoms with van der Waals surface area (Å²) in [5, 5.41) is 9.81. The van der Waals surface area contributed by atoms with E-state index >= 15 is 0 Å². The lowest BCUT2D eigenvalue weighted by Gasteiger charge is -2.31. The van der Waals surface area contributed by atoms with Crippen molar-refractivity contribution in [3.63, 3.8) is 0 Å². The van der Waals surface area contributed by atoms with Gasteiger partial charge >= 0.3 is 6.09 Å². The topological polar surface area (TPSA) is 104 Å². The average molecular weight is 426 g/mol. The van der Waals surface area contributed by atoms with Crippen LogP contribution in [0.3, 0.4) is 0 Å². The highest BCUT2D eigenvalue weighted by Crippen LogP contribution is 2.19. The number of carbonyl (C=O) groups excluding carboxylic acids is 2. The molecule has 9 nitrogen and oxygen atoms in total. The van der Waals surface area contributed by atoms with Crippen LogP contribution in [0.5, 0.6) is 0 Å². The normalized spacial score (nSPS) is 24.8. The van der Waals surface area contributed by atoms with E-state index in [-0.39, 0.29) is 30.6 Å². The van der Waals surface area contributed by atoms with Gasteiger partial charge in [-0.15, -0.1) is 0 Å². The van der Waals surface area contributed by atoms with Crippen molar-refractivity contribution in [2.24, 2.45) is 10.9 Å². The molecular weight excluding hydrogens is 386 g/mol. The van der Waals surface area contributed by atoms with E-state index in [1.807, 2.05) is 20.8 Å². The van der Waals surface area contributed by atoms with E-state index < -0.39 is 5.60 Å². The van der Waals surface area contributed by atoms with Gasteiger partial charge in [0.25, 0.3) is 0 Å². The summed E-state index contributed by atoms with van der Waals surface area (Å²) in [6.07, 6.45) is 4.25. The number of amides is 2. The molecule has 2 amide bonds. The maximum atomic E-state index is 12.0. The first-order chi connectivity index (χ1) is 14.1. The Labute approximate surface area is 180 Å². The first-order valence-corrected chi connectivity index (χ1v) is 10.9. The van der Waals surface area contributed by atoms with Crippen LogP contribution in [0.25, 0.3) is 0 Å². The van der Waals surface area contributed by atoms with Gasteiger partial charge in [-0.2, -0.15) is 0 Å². The first-order valence-electron chi connectivity index (χ1n) is 10.9. The lowest BCUT2D eigenvalue weighted by atomic mass is 9.91. The van der Waals surface area contributed by atoms with E-state index in [1.165, 1.54) is 0 Å². The molecule has 30 heavy (non-hydrogen) atoms. The molecule has 1 saturated carbocycles. The van der Waals surface area contributed by atoms with Crippen LogP contribution in [0.1, 0.15) is 52.9 Å². The Morgan fingerprint density at radius 2 is 1.70 bits per heavy atom. The highest BCUT2D eigenvalue weighted by Gasteiger charge is 2.25. The molecule has 3 N–H and O–H groups in total. The Kier molecular flexibility index (Phi) is 9.20. The quantitative estimate of drug-likeness (QED) is 0.440. The van der Waals surface area contributed by atoms with Crippen molar-refractivity contribution < 1.29 is 19.1 Å². The van der Waals surface area contributed by atoms with Crippen LogP contribution in [0.4, 0.5) is 4.79 Å². The van der Waals surface area contributed by atoms with E-state index in [4.69, 9.17) is 9.47 Å². The van der Waals surface area contributed by atoms with Crippen molar-refractivity contribution in [3.05, 3.63) is 0 Å². The minimum atomic E-state index is -0.492. The Morgan fingerprint density at radius 1 is 1.07 bits per heavy atom. The molecule has 1 atom stereocenters. The second-order valence-corrected chi connectivity index (χ2v) is 9.40. The van der Waals surface area contributed by atoms with E-state index in [9.17, 15) is 9.59 Å². The number of likely N-dealkylation sites (N-methyl/N-ethyl adjacent to an activating group) is 1. The van der Waals surface area contributed by atoms with Gasteiger partial charge in [-0.05, 0) is 52.9 Å². The van der Waals surface area contributed by atoms with Gasteiger partial charge in [0, 0.05) is 45.2 Å². The number of hydrogen-bond donors (Lipinski definition) is 3. The molecule has 0 radical (unpaired) electrons. The fraction of sp³-hybridized carbons (Fsp3) is 0.857. The summed E-state index contributed by atoms with van der Waals surface area (Å²) in [6, 6.07) is 0.374. The maximum Gasteiger partial charge on any atom is 0.407 e. The van der Waals surface area contributed by atoms with Crippen LogP contribution in [0.15, 0.2) is 4.99 Å². The number of carbonyl (C=O) groups is 2. The number of hydrogen-bond acceptors (Lipinski definition) is 5. The van der Waals surface area contributed by atoms with Gasteiger partial charge in [0.05, 0.1) is 6.61 Å². The Balaban J connectivity index is 1.82. The van der Waals surface area contributed by atoms with Crippen molar-refractivity contribution >= 4 is 18.0 Å². The van der Waals surface area contributed by atoms with Crippen molar-refractivity contribution in [1.82, 2.24) is 20.9 Å². The molecular formula is C21H39N5O4. The van der Waals surface area contributed by atoms with Crippen molar-refractivity contribution in [2.75, 3.05) is 40.4 Å². The molecule has 0 spiro atoms. The average Bonchev–Trinajstić information content (AvgIpc) is 3.17. The van der Waals surface area contributed by atoms with Crippen LogP contribution in [0, 0.1) is 5.92 Å². The fourth-order valence-electron chi connectivity index (χ4n) is 3.48. The van der Waals surface area contributed by atoms with Gasteiger partial charge in [-0.3, -0.25) is 4.79 Å². The number of alkyl carbamates (subject to hydrolysis) is 1. The third-order valence-corrected chi connectivity index (χ3v) is 5.24. The number of nitrogens with zero attached hydrogens (tertiary/aromatic N) is 2. The molecule has 2 rings (SSSR count). The monoisotopic (exact) mass is 425 g/mol. The zero-order chi connectivity index (χ0) is 22.1. The molecule has 0 bridgehead atoms. The lowest BCUT2D eigenvalue weighted by molar-refractivity contribution is -0.127. The molecule has 1 unspecified atom stereocenters. The van der Waals surface area contributed by atoms with Gasteiger partial charge in [-0.1, -0.05) is 0 Å². The maximum absolute atomic E-state index is 12.0. The highest BCUT2D eigenvalue weighted by molar-refractivity contribution is 5.85. The Bertz CT molecular complexity index is 589. The predicted molar refractivity (Wildman–Crippen MR) is 116 cm³/mol. The SMILES string of the molecule is CN(C)C(=O)CN=C(NCC1CCOC1)NC1CCC(NC(=O)OC(C)(C)C)CC1. The molecule has 2 aliphatic rings. The Hall–Kier alpha value is -2.03. The highest BCUT2D eigenvalue weighted by atomic mass is 16.6. The molecule has 1 aliphatic carbocycles. The molecule has 1 aliphatic heterocycles. The lowest BCUT2D eigenvalue weighted by Crippen LogP contribution is -2.49.